The predicted octanol–water partition coefficient (Wildman–Crippen LogP) is 1.14. The van der Waals surface area contributed by atoms with Crippen LogP contribution in [0.4, 0.5) is 4.79 Å². The average Bonchev–Trinajstić information content (AvgIpc) is 2.42. The van der Waals surface area contributed by atoms with Crippen molar-refractivity contribution in [2.45, 2.75) is 32.5 Å². The summed E-state index contributed by atoms with van der Waals surface area (Å²) in [6, 6.07) is 0. The monoisotopic (exact) mass is 277 g/mol. The molecule has 0 aromatic carbocycles. The van der Waals surface area contributed by atoms with E-state index >= 15 is 0 Å². The minimum absolute atomic E-state index is 0.140. The van der Waals surface area contributed by atoms with Crippen LogP contribution in [0.5, 0.6) is 0 Å². The lowest BCUT2D eigenvalue weighted by atomic mass is 10.2. The quantitative estimate of drug-likeness (QED) is 0.559. The number of ether oxygens (including phenoxy) is 1. The van der Waals surface area contributed by atoms with Crippen LogP contribution in [0.25, 0.3) is 0 Å². The van der Waals surface area contributed by atoms with E-state index in [1.54, 1.807) is 20.8 Å². The van der Waals surface area contributed by atoms with Crippen LogP contribution in [-0.4, -0.2) is 50.5 Å². The third kappa shape index (κ3) is 4.66. The second kappa shape index (κ2) is 4.89. The van der Waals surface area contributed by atoms with Crippen molar-refractivity contribution in [1.29, 1.82) is 0 Å². The largest absolute Gasteiger partial charge is 0.444 e. The van der Waals surface area contributed by atoms with Crippen molar-refractivity contribution < 1.29 is 22.1 Å². The van der Waals surface area contributed by atoms with Gasteiger partial charge in [-0.05, 0) is 26.3 Å². The van der Waals surface area contributed by atoms with Crippen LogP contribution in [-0.2, 0) is 19.0 Å². The maximum absolute atomic E-state index is 11.8. The average molecular weight is 277 g/mol. The molecule has 0 saturated carbocycles. The molecule has 1 rings (SSSR count). The van der Waals surface area contributed by atoms with Crippen molar-refractivity contribution in [2.24, 2.45) is 0 Å². The number of nitrogens with zero attached hydrogens (tertiary/aromatic N) is 1. The van der Waals surface area contributed by atoms with Gasteiger partial charge in [-0.3, -0.25) is 4.18 Å². The minimum Gasteiger partial charge on any atom is -0.444 e. The summed E-state index contributed by atoms with van der Waals surface area (Å²) in [5, 5.41) is 0. The lowest BCUT2D eigenvalue weighted by Crippen LogP contribution is -2.36. The number of rotatable bonds is 2. The third-order valence-electron chi connectivity index (χ3n) is 2.18. The topological polar surface area (TPSA) is 72.9 Å². The van der Waals surface area contributed by atoms with Gasteiger partial charge in [-0.25, -0.2) is 4.79 Å². The highest BCUT2D eigenvalue weighted by Crippen LogP contribution is 2.21. The Morgan fingerprint density at radius 1 is 1.44 bits per heavy atom. The van der Waals surface area contributed by atoms with E-state index in [9.17, 15) is 13.2 Å². The Morgan fingerprint density at radius 3 is 2.44 bits per heavy atom. The lowest BCUT2D eigenvalue weighted by Gasteiger charge is -2.24. The van der Waals surface area contributed by atoms with E-state index in [4.69, 9.17) is 8.92 Å². The van der Waals surface area contributed by atoms with Gasteiger partial charge < -0.3 is 9.64 Å². The van der Waals surface area contributed by atoms with Crippen molar-refractivity contribution in [2.75, 3.05) is 19.3 Å². The van der Waals surface area contributed by atoms with Gasteiger partial charge in [0.1, 0.15) is 11.7 Å². The molecule has 1 saturated heterocycles. The second-order valence-corrected chi connectivity index (χ2v) is 6.91. The molecule has 0 radical (unpaired) electrons. The molecule has 0 aromatic heterocycles. The number of amides is 1. The van der Waals surface area contributed by atoms with E-state index in [1.165, 1.54) is 4.90 Å². The summed E-state index contributed by atoms with van der Waals surface area (Å²) in [4.78, 5) is 13.2. The molecule has 1 aliphatic rings. The minimum atomic E-state index is -3.56. The molecule has 1 atom stereocenters. The second-order valence-electron chi connectivity index (χ2n) is 5.31. The Hall–Kier alpha value is -1.08. The molecule has 104 valence electrons. The van der Waals surface area contributed by atoms with Gasteiger partial charge in [0, 0.05) is 6.54 Å². The van der Waals surface area contributed by atoms with Crippen molar-refractivity contribution in [3.63, 3.8) is 0 Å². The number of carbonyl (C=O) groups excluding carboxylic acids is 1. The van der Waals surface area contributed by atoms with E-state index in [-0.39, 0.29) is 13.1 Å². The predicted molar refractivity (Wildman–Crippen MR) is 66.7 cm³/mol. The van der Waals surface area contributed by atoms with Crippen molar-refractivity contribution in [3.8, 4) is 0 Å². The van der Waals surface area contributed by atoms with E-state index < -0.39 is 27.9 Å². The third-order valence-corrected chi connectivity index (χ3v) is 2.76. The summed E-state index contributed by atoms with van der Waals surface area (Å²) in [7, 11) is -3.56. The zero-order valence-electron chi connectivity index (χ0n) is 11.1. The Morgan fingerprint density at radius 2 is 2.00 bits per heavy atom. The summed E-state index contributed by atoms with van der Waals surface area (Å²) in [5.41, 5.74) is -0.0416. The Kier molecular flexibility index (Phi) is 4.07. The van der Waals surface area contributed by atoms with Gasteiger partial charge in [0.05, 0.1) is 12.8 Å². The first-order valence-corrected chi connectivity index (χ1v) is 7.33. The fraction of sp³-hybridized carbons (Fsp3) is 0.727. The highest BCUT2D eigenvalue weighted by atomic mass is 32.2. The van der Waals surface area contributed by atoms with Gasteiger partial charge in [0.15, 0.2) is 0 Å². The van der Waals surface area contributed by atoms with Crippen LogP contribution < -0.4 is 0 Å². The molecule has 18 heavy (non-hydrogen) atoms. The van der Waals surface area contributed by atoms with E-state index in [1.807, 2.05) is 0 Å². The molecular formula is C11H19NO5S. The van der Waals surface area contributed by atoms with Gasteiger partial charge in [-0.1, -0.05) is 6.58 Å². The first-order chi connectivity index (χ1) is 7.98. The summed E-state index contributed by atoms with van der Waals surface area (Å²) >= 11 is 0. The summed E-state index contributed by atoms with van der Waals surface area (Å²) < 4.78 is 32.1. The van der Waals surface area contributed by atoms with E-state index in [0.717, 1.165) is 6.26 Å². The molecule has 7 heteroatoms. The molecule has 0 aromatic rings. The van der Waals surface area contributed by atoms with Gasteiger partial charge in [0.25, 0.3) is 10.1 Å². The molecule has 1 unspecified atom stereocenters. The molecule has 1 heterocycles. The van der Waals surface area contributed by atoms with Crippen molar-refractivity contribution in [3.05, 3.63) is 12.2 Å². The number of likely N-dealkylation sites (tertiary alicyclic amines) is 1. The molecular weight excluding hydrogens is 258 g/mol. The van der Waals surface area contributed by atoms with E-state index in [2.05, 4.69) is 6.58 Å². The van der Waals surface area contributed by atoms with Crippen LogP contribution in [0.1, 0.15) is 20.8 Å². The molecule has 0 aliphatic carbocycles. The van der Waals surface area contributed by atoms with Crippen molar-refractivity contribution in [1.82, 2.24) is 4.90 Å². The summed E-state index contributed by atoms with van der Waals surface area (Å²) in [6.45, 7) is 9.39. The van der Waals surface area contributed by atoms with Gasteiger partial charge in [-0.15, -0.1) is 0 Å². The Bertz CT molecular complexity index is 449. The maximum Gasteiger partial charge on any atom is 0.410 e. The number of carbonyl (C=O) groups is 1. The summed E-state index contributed by atoms with van der Waals surface area (Å²) in [6.07, 6.45) is -0.216. The molecule has 1 amide bonds. The molecule has 1 fully saturated rings. The van der Waals surface area contributed by atoms with Gasteiger partial charge in [-0.2, -0.15) is 8.42 Å². The first-order valence-electron chi connectivity index (χ1n) is 5.52. The molecule has 0 N–H and O–H groups in total. The lowest BCUT2D eigenvalue weighted by molar-refractivity contribution is 0.0277. The zero-order chi connectivity index (χ0) is 14.1. The standard InChI is InChI=1S/C11H19NO5S/c1-8-6-12(10(13)16-11(2,3)4)7-9(8)17-18(5,14)15/h9H,1,6-7H2,2-5H3. The Balaban J connectivity index is 2.64. The molecule has 1 aliphatic heterocycles. The Labute approximate surface area is 108 Å². The van der Waals surface area contributed by atoms with Crippen molar-refractivity contribution >= 4 is 16.2 Å². The maximum atomic E-state index is 11.8. The first kappa shape index (κ1) is 15.0. The number of hydrogen-bond donors (Lipinski definition) is 0. The van der Waals surface area contributed by atoms with Crippen LogP contribution in [0.15, 0.2) is 12.2 Å². The van der Waals surface area contributed by atoms with Gasteiger partial charge >= 0.3 is 6.09 Å². The fourth-order valence-corrected chi connectivity index (χ4v) is 2.13. The highest BCUT2D eigenvalue weighted by Gasteiger charge is 2.34. The smallest absolute Gasteiger partial charge is 0.410 e. The zero-order valence-corrected chi connectivity index (χ0v) is 11.9. The van der Waals surface area contributed by atoms with Gasteiger partial charge in [0.2, 0.25) is 0 Å². The highest BCUT2D eigenvalue weighted by molar-refractivity contribution is 7.86. The van der Waals surface area contributed by atoms with Crippen LogP contribution >= 0.6 is 0 Å². The summed E-state index contributed by atoms with van der Waals surface area (Å²) in [5.74, 6) is 0. The van der Waals surface area contributed by atoms with E-state index in [0.29, 0.717) is 5.57 Å². The fourth-order valence-electron chi connectivity index (χ4n) is 1.52. The van der Waals surface area contributed by atoms with Crippen LogP contribution in [0, 0.1) is 0 Å². The molecule has 6 nitrogen and oxygen atoms in total. The molecule has 0 bridgehead atoms. The van der Waals surface area contributed by atoms with Crippen LogP contribution in [0.3, 0.4) is 0 Å². The SMILES string of the molecule is C=C1CN(C(=O)OC(C)(C)C)CC1OS(C)(=O)=O. The normalized spacial score (nSPS) is 21.2. The van der Waals surface area contributed by atoms with Crippen LogP contribution in [0.2, 0.25) is 0 Å². The number of hydrogen-bond acceptors (Lipinski definition) is 5. The molecule has 0 spiro atoms.